The normalized spacial score (nSPS) is 18.8. The van der Waals surface area contributed by atoms with Gasteiger partial charge in [0.05, 0.1) is 23.4 Å². The Balaban J connectivity index is 2.02. The molecule has 1 saturated heterocycles. The van der Waals surface area contributed by atoms with E-state index in [4.69, 9.17) is 9.84 Å². The summed E-state index contributed by atoms with van der Waals surface area (Å²) < 4.78 is 7.55. The molecule has 1 N–H and O–H groups in total. The quantitative estimate of drug-likeness (QED) is 0.929. The number of carbonyl (C=O) groups excluding carboxylic acids is 1. The predicted molar refractivity (Wildman–Crippen MR) is 76.5 cm³/mol. The first-order chi connectivity index (χ1) is 9.63. The van der Waals surface area contributed by atoms with Crippen LogP contribution >= 0.6 is 11.3 Å². The fraction of sp³-hybridized carbons (Fsp3) is 0.385. The van der Waals surface area contributed by atoms with E-state index in [-0.39, 0.29) is 11.5 Å². The summed E-state index contributed by atoms with van der Waals surface area (Å²) >= 11 is 1.16. The number of rotatable bonds is 3. The summed E-state index contributed by atoms with van der Waals surface area (Å²) in [5.41, 5.74) is 1.56. The number of anilines is 1. The van der Waals surface area contributed by atoms with Gasteiger partial charge in [0.25, 0.3) is 0 Å². The Bertz CT molecular complexity index is 721. The molecular weight excluding hydrogens is 280 g/mol. The zero-order chi connectivity index (χ0) is 14.3. The monoisotopic (exact) mass is 294 g/mol. The highest BCUT2D eigenvalue weighted by molar-refractivity contribution is 7.16. The van der Waals surface area contributed by atoms with Crippen LogP contribution in [0.4, 0.5) is 10.5 Å². The van der Waals surface area contributed by atoms with E-state index in [1.807, 2.05) is 19.1 Å². The third-order valence-electron chi connectivity index (χ3n) is 3.36. The minimum atomic E-state index is -0.489. The van der Waals surface area contributed by atoms with Crippen molar-refractivity contribution in [1.29, 1.82) is 0 Å². The van der Waals surface area contributed by atoms with Crippen molar-refractivity contribution >= 4 is 33.3 Å². The van der Waals surface area contributed by atoms with Crippen LogP contribution in [0.15, 0.2) is 23.0 Å². The van der Waals surface area contributed by atoms with Crippen molar-refractivity contribution in [1.82, 2.24) is 4.57 Å². The first-order valence-electron chi connectivity index (χ1n) is 6.36. The van der Waals surface area contributed by atoms with E-state index < -0.39 is 12.2 Å². The SMILES string of the molecule is CCn1c(=O)sc2cc(N3C[C@H](CO)OC3=O)ccc21. The molecule has 1 atom stereocenters. The summed E-state index contributed by atoms with van der Waals surface area (Å²) in [7, 11) is 0. The molecule has 2 aromatic rings. The lowest BCUT2D eigenvalue weighted by Crippen LogP contribution is -2.25. The van der Waals surface area contributed by atoms with Gasteiger partial charge >= 0.3 is 11.0 Å². The molecule has 0 radical (unpaired) electrons. The zero-order valence-corrected chi connectivity index (χ0v) is 11.7. The van der Waals surface area contributed by atoms with E-state index in [0.29, 0.717) is 18.8 Å². The van der Waals surface area contributed by atoms with Crippen LogP contribution in [0.2, 0.25) is 0 Å². The van der Waals surface area contributed by atoms with Gasteiger partial charge in [-0.2, -0.15) is 0 Å². The van der Waals surface area contributed by atoms with Gasteiger partial charge in [-0.3, -0.25) is 14.3 Å². The maximum Gasteiger partial charge on any atom is 0.414 e. The molecule has 1 aromatic carbocycles. The number of amides is 1. The van der Waals surface area contributed by atoms with Crippen molar-refractivity contribution in [3.05, 3.63) is 27.9 Å². The molecule has 0 spiro atoms. The molecule has 1 fully saturated rings. The topological polar surface area (TPSA) is 71.8 Å². The maximum absolute atomic E-state index is 11.8. The number of hydrogen-bond donors (Lipinski definition) is 1. The number of aliphatic hydroxyl groups excluding tert-OH is 1. The molecule has 7 heteroatoms. The molecule has 0 bridgehead atoms. The van der Waals surface area contributed by atoms with Crippen molar-refractivity contribution in [2.45, 2.75) is 19.6 Å². The number of aromatic nitrogens is 1. The van der Waals surface area contributed by atoms with E-state index in [1.54, 1.807) is 10.6 Å². The maximum atomic E-state index is 11.8. The lowest BCUT2D eigenvalue weighted by Gasteiger charge is -2.12. The average Bonchev–Trinajstić information content (AvgIpc) is 2.96. The molecule has 6 nitrogen and oxygen atoms in total. The third kappa shape index (κ3) is 1.99. The zero-order valence-electron chi connectivity index (χ0n) is 10.9. The van der Waals surface area contributed by atoms with Gasteiger partial charge in [0.1, 0.15) is 6.10 Å². The number of cyclic esters (lactones) is 1. The second-order valence-electron chi connectivity index (χ2n) is 4.56. The van der Waals surface area contributed by atoms with Crippen LogP contribution in [-0.4, -0.2) is 35.0 Å². The van der Waals surface area contributed by atoms with E-state index >= 15 is 0 Å². The second-order valence-corrected chi connectivity index (χ2v) is 5.56. The first-order valence-corrected chi connectivity index (χ1v) is 7.18. The lowest BCUT2D eigenvalue weighted by molar-refractivity contribution is 0.0963. The second kappa shape index (κ2) is 4.92. The molecule has 20 heavy (non-hydrogen) atoms. The van der Waals surface area contributed by atoms with Gasteiger partial charge in [-0.25, -0.2) is 4.79 Å². The average molecular weight is 294 g/mol. The minimum absolute atomic E-state index is 0.00289. The molecule has 1 amide bonds. The van der Waals surface area contributed by atoms with Crippen molar-refractivity contribution < 1.29 is 14.6 Å². The summed E-state index contributed by atoms with van der Waals surface area (Å²) in [6.45, 7) is 2.68. The predicted octanol–water partition coefficient (Wildman–Crippen LogP) is 1.40. The molecule has 0 unspecified atom stereocenters. The van der Waals surface area contributed by atoms with Crippen LogP contribution in [0, 0.1) is 0 Å². The Morgan fingerprint density at radius 2 is 2.25 bits per heavy atom. The van der Waals surface area contributed by atoms with E-state index in [0.717, 1.165) is 21.6 Å². The summed E-state index contributed by atoms with van der Waals surface area (Å²) in [5.74, 6) is 0. The Morgan fingerprint density at radius 1 is 1.45 bits per heavy atom. The first kappa shape index (κ1) is 13.1. The largest absolute Gasteiger partial charge is 0.441 e. The minimum Gasteiger partial charge on any atom is -0.441 e. The number of ether oxygens (including phenoxy) is 1. The number of nitrogens with zero attached hydrogens (tertiary/aromatic N) is 2. The van der Waals surface area contributed by atoms with Crippen LogP contribution in [0.5, 0.6) is 0 Å². The number of benzene rings is 1. The summed E-state index contributed by atoms with van der Waals surface area (Å²) in [5, 5.41) is 9.05. The Labute approximate surface area is 118 Å². The van der Waals surface area contributed by atoms with E-state index in [1.165, 1.54) is 4.90 Å². The summed E-state index contributed by atoms with van der Waals surface area (Å²) in [4.78, 5) is 25.0. The van der Waals surface area contributed by atoms with Crippen LogP contribution in [0.1, 0.15) is 6.92 Å². The number of hydrogen-bond acceptors (Lipinski definition) is 5. The van der Waals surface area contributed by atoms with Crippen LogP contribution < -0.4 is 9.77 Å². The molecule has 3 rings (SSSR count). The number of fused-ring (bicyclic) bond motifs is 1. The van der Waals surface area contributed by atoms with Crippen molar-refractivity contribution in [2.24, 2.45) is 0 Å². The van der Waals surface area contributed by atoms with E-state index in [9.17, 15) is 9.59 Å². The Kier molecular flexibility index (Phi) is 3.23. The van der Waals surface area contributed by atoms with Gasteiger partial charge in [-0.05, 0) is 25.1 Å². The summed E-state index contributed by atoms with van der Waals surface area (Å²) in [6.07, 6.45) is -0.956. The van der Waals surface area contributed by atoms with Crippen LogP contribution in [0.25, 0.3) is 10.2 Å². The molecule has 0 saturated carbocycles. The van der Waals surface area contributed by atoms with Gasteiger partial charge in [0.2, 0.25) is 0 Å². The number of thiazole rings is 1. The number of aliphatic hydroxyl groups is 1. The van der Waals surface area contributed by atoms with Gasteiger partial charge in [0, 0.05) is 12.2 Å². The highest BCUT2D eigenvalue weighted by atomic mass is 32.1. The lowest BCUT2D eigenvalue weighted by atomic mass is 10.2. The molecule has 1 aliphatic heterocycles. The molecular formula is C13H14N2O4S. The fourth-order valence-corrected chi connectivity index (χ4v) is 3.34. The highest BCUT2D eigenvalue weighted by Crippen LogP contribution is 2.27. The van der Waals surface area contributed by atoms with Crippen LogP contribution in [-0.2, 0) is 11.3 Å². The highest BCUT2D eigenvalue weighted by Gasteiger charge is 2.32. The fourth-order valence-electron chi connectivity index (χ4n) is 2.35. The van der Waals surface area contributed by atoms with Crippen molar-refractivity contribution in [3.8, 4) is 0 Å². The number of aryl methyl sites for hydroxylation is 1. The van der Waals surface area contributed by atoms with Crippen molar-refractivity contribution in [2.75, 3.05) is 18.1 Å². The number of carbonyl (C=O) groups is 1. The summed E-state index contributed by atoms with van der Waals surface area (Å²) in [6, 6.07) is 5.45. The third-order valence-corrected chi connectivity index (χ3v) is 4.30. The van der Waals surface area contributed by atoms with Gasteiger partial charge < -0.3 is 9.84 Å². The van der Waals surface area contributed by atoms with E-state index in [2.05, 4.69) is 0 Å². The molecule has 1 aliphatic rings. The van der Waals surface area contributed by atoms with Gasteiger partial charge in [-0.1, -0.05) is 11.3 Å². The van der Waals surface area contributed by atoms with Crippen LogP contribution in [0.3, 0.4) is 0 Å². The molecule has 0 aliphatic carbocycles. The smallest absolute Gasteiger partial charge is 0.414 e. The van der Waals surface area contributed by atoms with Crippen molar-refractivity contribution in [3.63, 3.8) is 0 Å². The van der Waals surface area contributed by atoms with Gasteiger partial charge in [-0.15, -0.1) is 0 Å². The molecule has 106 valence electrons. The Morgan fingerprint density at radius 3 is 2.90 bits per heavy atom. The molecule has 2 heterocycles. The Hall–Kier alpha value is -1.86. The van der Waals surface area contributed by atoms with Gasteiger partial charge in [0.15, 0.2) is 0 Å². The standard InChI is InChI=1S/C13H14N2O4S/c1-2-14-10-4-3-8(5-11(10)20-13(14)18)15-6-9(7-16)19-12(15)17/h3-5,9,16H,2,6-7H2,1H3/t9-/m1/s1. The molecule has 1 aromatic heterocycles.